The van der Waals surface area contributed by atoms with Gasteiger partial charge in [0.1, 0.15) is 21.2 Å². The van der Waals surface area contributed by atoms with Crippen molar-refractivity contribution in [3.8, 4) is 11.5 Å². The molecule has 5 N–H and O–H groups in total. The van der Waals surface area contributed by atoms with Crippen LogP contribution in [0, 0.1) is 0 Å². The smallest absolute Gasteiger partial charge is 0.298 e. The largest absolute Gasteiger partial charge is 0.504 e. The van der Waals surface area contributed by atoms with Gasteiger partial charge < -0.3 is 10.2 Å². The number of hydrogen-bond donors (Lipinski definition) is 5. The lowest BCUT2D eigenvalue weighted by molar-refractivity contribution is 0.444. The van der Waals surface area contributed by atoms with Crippen LogP contribution < -0.4 is 0 Å². The first kappa shape index (κ1) is 29.3. The van der Waals surface area contributed by atoms with Gasteiger partial charge in [0.2, 0.25) is 0 Å². The van der Waals surface area contributed by atoms with Gasteiger partial charge in [0, 0.05) is 17.0 Å². The fourth-order valence-electron chi connectivity index (χ4n) is 3.76. The van der Waals surface area contributed by atoms with Gasteiger partial charge in [-0.1, -0.05) is 12.1 Å². The van der Waals surface area contributed by atoms with Gasteiger partial charge in [-0.05, 0) is 47.2 Å². The first-order valence-corrected chi connectivity index (χ1v) is 16.5. The maximum absolute atomic E-state index is 12.3. The van der Waals surface area contributed by atoms with Gasteiger partial charge >= 0.3 is 0 Å². The van der Waals surface area contributed by atoms with Crippen LogP contribution in [0.2, 0.25) is 0 Å². The molecule has 0 aliphatic rings. The average Bonchev–Trinajstić information content (AvgIpc) is 2.80. The van der Waals surface area contributed by atoms with Gasteiger partial charge in [0.25, 0.3) is 30.4 Å². The van der Waals surface area contributed by atoms with Crippen LogP contribution in [0.15, 0.2) is 78.3 Å². The number of fused-ring (bicyclic) bond motifs is 2. The fraction of sp³-hybridized carbons (Fsp3) is 0.0476. The Bertz CT molecular complexity index is 2070. The summed E-state index contributed by atoms with van der Waals surface area (Å²) in [5.74, 6) is -2.11. The molecule has 40 heavy (non-hydrogen) atoms. The van der Waals surface area contributed by atoms with Crippen molar-refractivity contribution in [3.05, 3.63) is 48.5 Å². The zero-order chi connectivity index (χ0) is 30.0. The van der Waals surface area contributed by atoms with Crippen molar-refractivity contribution in [1.29, 1.82) is 0 Å². The molecule has 4 aromatic carbocycles. The Morgan fingerprint density at radius 2 is 0.925 bits per heavy atom. The summed E-state index contributed by atoms with van der Waals surface area (Å²) in [6.07, 6.45) is 0.725. The van der Waals surface area contributed by atoms with Crippen molar-refractivity contribution in [2.45, 2.75) is 19.6 Å². The van der Waals surface area contributed by atoms with Crippen molar-refractivity contribution >= 4 is 73.1 Å². The number of nitrogens with zero attached hydrogens (tertiary/aromatic N) is 2. The van der Waals surface area contributed by atoms with Gasteiger partial charge in [-0.2, -0.15) is 25.3 Å². The predicted molar refractivity (Wildman–Crippen MR) is 138 cm³/mol. The summed E-state index contributed by atoms with van der Waals surface area (Å²) in [5.41, 5.74) is -1.27. The summed E-state index contributed by atoms with van der Waals surface area (Å²) < 4.78 is 123. The van der Waals surface area contributed by atoms with Gasteiger partial charge in [0.05, 0.1) is 9.79 Å². The Balaban J connectivity index is 2.10. The van der Waals surface area contributed by atoms with E-state index in [0.717, 1.165) is 48.7 Å². The molecule has 0 aliphatic heterocycles. The molecule has 0 spiro atoms. The van der Waals surface area contributed by atoms with Crippen LogP contribution in [0.1, 0.15) is 0 Å². The Kier molecular flexibility index (Phi) is 6.91. The zero-order valence-corrected chi connectivity index (χ0v) is 22.9. The van der Waals surface area contributed by atoms with E-state index in [1.165, 1.54) is 0 Å². The normalized spacial score (nSPS) is 13.4. The summed E-state index contributed by atoms with van der Waals surface area (Å²) in [4.78, 5) is -3.14. The topological polar surface area (TPSA) is 262 Å². The van der Waals surface area contributed by atoms with Crippen LogP contribution in [0.25, 0.3) is 21.5 Å². The molecular weight excluding hydrogens is 617 g/mol. The highest BCUT2D eigenvalue weighted by Crippen LogP contribution is 2.45. The number of benzene rings is 4. The lowest BCUT2D eigenvalue weighted by Crippen LogP contribution is -2.01. The minimum Gasteiger partial charge on any atom is -0.504 e. The number of rotatable bonds is 6. The molecule has 0 aliphatic carbocycles. The van der Waals surface area contributed by atoms with Crippen LogP contribution in [0.4, 0.5) is 11.4 Å². The molecule has 4 rings (SSSR count). The number of azo groups is 1. The Hall–Kier alpha value is -3.72. The van der Waals surface area contributed by atoms with Crippen molar-refractivity contribution in [2.75, 3.05) is 6.26 Å². The molecule has 19 heteroatoms. The molecule has 0 fully saturated rings. The molecule has 0 saturated carbocycles. The van der Waals surface area contributed by atoms with E-state index in [-0.39, 0.29) is 21.5 Å². The monoisotopic (exact) mass is 632 g/mol. The summed E-state index contributed by atoms with van der Waals surface area (Å²) in [6, 6.07) is 7.19. The Morgan fingerprint density at radius 3 is 1.27 bits per heavy atom. The van der Waals surface area contributed by atoms with E-state index in [9.17, 15) is 57.5 Å². The number of aromatic hydroxyl groups is 2. The number of sulfone groups is 1. The second kappa shape index (κ2) is 9.44. The van der Waals surface area contributed by atoms with E-state index < -0.39 is 82.6 Å². The summed E-state index contributed by atoms with van der Waals surface area (Å²) in [5, 5.41) is 28.2. The second-order valence-electron chi connectivity index (χ2n) is 8.31. The van der Waals surface area contributed by atoms with Gasteiger partial charge in [-0.25, -0.2) is 8.42 Å². The molecule has 0 heterocycles. The number of phenolic OH excluding ortho intramolecular Hbond substituents is 2. The third-order valence-electron chi connectivity index (χ3n) is 5.57. The molecule has 0 aromatic heterocycles. The Morgan fingerprint density at radius 1 is 0.550 bits per heavy atom. The Labute approximate surface area is 226 Å². The molecule has 0 amide bonds. The van der Waals surface area contributed by atoms with Crippen molar-refractivity contribution in [1.82, 2.24) is 0 Å². The van der Waals surface area contributed by atoms with Crippen molar-refractivity contribution in [2.24, 2.45) is 10.2 Å². The molecular formula is C21H16N2O13S4. The second-order valence-corrected chi connectivity index (χ2v) is 14.5. The maximum atomic E-state index is 12.3. The average molecular weight is 633 g/mol. The van der Waals surface area contributed by atoms with E-state index in [1.54, 1.807) is 0 Å². The number of hydrogen-bond acceptors (Lipinski definition) is 12. The molecule has 0 saturated heterocycles. The summed E-state index contributed by atoms with van der Waals surface area (Å²) in [6.45, 7) is 0. The highest BCUT2D eigenvalue weighted by molar-refractivity contribution is 7.90. The maximum Gasteiger partial charge on any atom is 0.298 e. The fourth-order valence-corrected chi connectivity index (χ4v) is 6.20. The summed E-state index contributed by atoms with van der Waals surface area (Å²) >= 11 is 0. The lowest BCUT2D eigenvalue weighted by atomic mass is 10.1. The molecule has 4 aromatic rings. The van der Waals surface area contributed by atoms with Crippen LogP contribution in [-0.2, 0) is 40.2 Å². The SMILES string of the molecule is CS(=O)(=O)c1cc2cc(S(=O)(=O)O)ccc2c(N=Nc2c(O)c(S(=O)(=O)O)cc3cc(S(=O)(=O)O)ccc23)c1O. The lowest BCUT2D eigenvalue weighted by Gasteiger charge is -2.11. The molecule has 0 unspecified atom stereocenters. The van der Waals surface area contributed by atoms with E-state index in [1.807, 2.05) is 0 Å². The van der Waals surface area contributed by atoms with E-state index >= 15 is 0 Å². The summed E-state index contributed by atoms with van der Waals surface area (Å²) in [7, 11) is -18.8. The number of phenols is 2. The van der Waals surface area contributed by atoms with E-state index in [4.69, 9.17) is 0 Å². The highest BCUT2D eigenvalue weighted by Gasteiger charge is 2.25. The minimum absolute atomic E-state index is 0.0931. The third kappa shape index (κ3) is 5.47. The molecule has 0 radical (unpaired) electrons. The van der Waals surface area contributed by atoms with Crippen molar-refractivity contribution < 1.29 is 57.5 Å². The van der Waals surface area contributed by atoms with Gasteiger partial charge in [-0.15, -0.1) is 10.2 Å². The van der Waals surface area contributed by atoms with Gasteiger partial charge in [0.15, 0.2) is 21.3 Å². The van der Waals surface area contributed by atoms with E-state index in [0.29, 0.717) is 6.07 Å². The minimum atomic E-state index is -5.14. The highest BCUT2D eigenvalue weighted by atomic mass is 32.2. The first-order chi connectivity index (χ1) is 18.2. The third-order valence-corrected chi connectivity index (χ3v) is 9.24. The molecule has 0 atom stereocenters. The quantitative estimate of drug-likeness (QED) is 0.151. The first-order valence-electron chi connectivity index (χ1n) is 10.3. The van der Waals surface area contributed by atoms with Crippen LogP contribution in [0.5, 0.6) is 11.5 Å². The van der Waals surface area contributed by atoms with Gasteiger partial charge in [-0.3, -0.25) is 13.7 Å². The van der Waals surface area contributed by atoms with Crippen LogP contribution in [-0.4, -0.2) is 63.8 Å². The standard InChI is InChI=1S/C21H16N2O13S4/c1-37(26,27)16-8-10-6-12(38(28,29)30)2-4-14(10)18(20(16)24)22-23-19-15-5-3-13(39(31,32)33)7-11(15)9-17(21(19)25)40(34,35)36/h2-9,24-25H,1H3,(H,28,29,30)(H,31,32,33)(H,34,35,36). The predicted octanol–water partition coefficient (Wildman–Crippen LogP) is 2.96. The van der Waals surface area contributed by atoms with Crippen LogP contribution >= 0.6 is 0 Å². The van der Waals surface area contributed by atoms with E-state index in [2.05, 4.69) is 10.2 Å². The molecule has 0 bridgehead atoms. The van der Waals surface area contributed by atoms with Crippen molar-refractivity contribution in [3.63, 3.8) is 0 Å². The zero-order valence-electron chi connectivity index (χ0n) is 19.6. The van der Waals surface area contributed by atoms with Crippen LogP contribution in [0.3, 0.4) is 0 Å². The molecule has 15 nitrogen and oxygen atoms in total. The molecule has 212 valence electrons.